The molecule has 0 saturated carbocycles. The molecule has 140 valence electrons. The number of hydrazone groups is 1. The number of hydrogen-bond acceptors (Lipinski definition) is 3. The van der Waals surface area contributed by atoms with Gasteiger partial charge in [-0.05, 0) is 75.6 Å². The quantitative estimate of drug-likeness (QED) is 0.636. The largest absolute Gasteiger partial charge is 0.365 e. The van der Waals surface area contributed by atoms with Gasteiger partial charge in [-0.25, -0.2) is 5.43 Å². The summed E-state index contributed by atoms with van der Waals surface area (Å²) in [7, 11) is 2.12. The number of likely N-dealkylation sites (N-methyl/N-ethyl adjacent to an activating group) is 1. The van der Waals surface area contributed by atoms with Crippen molar-refractivity contribution in [3.05, 3.63) is 70.3 Å². The van der Waals surface area contributed by atoms with Crippen LogP contribution in [0.1, 0.15) is 53.4 Å². The molecular formula is C23H27N3O. The molecule has 0 aromatic heterocycles. The lowest BCUT2D eigenvalue weighted by molar-refractivity contribution is 0.0955. The lowest BCUT2D eigenvalue weighted by Gasteiger charge is -2.41. The number of nitrogens with zero attached hydrogens (tertiary/aromatic N) is 2. The molecule has 0 atom stereocenters. The maximum atomic E-state index is 12.2. The summed E-state index contributed by atoms with van der Waals surface area (Å²) in [6, 6.07) is 11.8. The van der Waals surface area contributed by atoms with Crippen LogP contribution in [0.4, 0.5) is 5.69 Å². The van der Waals surface area contributed by atoms with Crippen LogP contribution in [-0.2, 0) is 0 Å². The Balaban J connectivity index is 1.82. The average molecular weight is 361 g/mol. The van der Waals surface area contributed by atoms with Crippen LogP contribution in [0, 0.1) is 13.8 Å². The molecule has 1 amide bonds. The molecule has 2 aromatic carbocycles. The van der Waals surface area contributed by atoms with E-state index in [0.717, 1.165) is 16.7 Å². The third-order valence-corrected chi connectivity index (χ3v) is 5.29. The summed E-state index contributed by atoms with van der Waals surface area (Å²) in [5.41, 5.74) is 10.1. The maximum absolute atomic E-state index is 12.2. The SMILES string of the molecule is CC1=CC(C)(C)N(C)c2cc(C)c(/C=N/NC(=O)c3ccc(C)cc3)cc21. The van der Waals surface area contributed by atoms with Crippen molar-refractivity contribution in [2.45, 2.75) is 40.2 Å². The van der Waals surface area contributed by atoms with E-state index >= 15 is 0 Å². The Morgan fingerprint density at radius 1 is 1.11 bits per heavy atom. The van der Waals surface area contributed by atoms with Crippen LogP contribution < -0.4 is 10.3 Å². The lowest BCUT2D eigenvalue weighted by Crippen LogP contribution is -2.42. The minimum absolute atomic E-state index is 0.0128. The van der Waals surface area contributed by atoms with E-state index in [1.165, 1.54) is 16.8 Å². The monoisotopic (exact) mass is 361 g/mol. The van der Waals surface area contributed by atoms with Gasteiger partial charge in [0.1, 0.15) is 0 Å². The summed E-state index contributed by atoms with van der Waals surface area (Å²) in [5.74, 6) is -0.209. The van der Waals surface area contributed by atoms with Gasteiger partial charge in [0.2, 0.25) is 0 Å². The summed E-state index contributed by atoms with van der Waals surface area (Å²) in [4.78, 5) is 14.5. The smallest absolute Gasteiger partial charge is 0.271 e. The van der Waals surface area contributed by atoms with E-state index in [1.807, 2.05) is 19.1 Å². The molecule has 0 spiro atoms. The average Bonchev–Trinajstić information content (AvgIpc) is 2.61. The summed E-state index contributed by atoms with van der Waals surface area (Å²) < 4.78 is 0. The van der Waals surface area contributed by atoms with Crippen molar-refractivity contribution >= 4 is 23.4 Å². The first-order chi connectivity index (χ1) is 12.7. The minimum atomic E-state index is -0.209. The Morgan fingerprint density at radius 2 is 1.78 bits per heavy atom. The van der Waals surface area contributed by atoms with E-state index in [-0.39, 0.29) is 11.4 Å². The van der Waals surface area contributed by atoms with E-state index in [2.05, 4.69) is 68.4 Å². The van der Waals surface area contributed by atoms with Gasteiger partial charge in [-0.15, -0.1) is 0 Å². The van der Waals surface area contributed by atoms with Crippen LogP contribution in [0.5, 0.6) is 0 Å². The second-order valence-corrected chi connectivity index (χ2v) is 7.83. The number of fused-ring (bicyclic) bond motifs is 1. The molecule has 2 aromatic rings. The molecule has 1 N–H and O–H groups in total. The van der Waals surface area contributed by atoms with E-state index < -0.39 is 0 Å². The molecule has 0 radical (unpaired) electrons. The number of rotatable bonds is 3. The Kier molecular flexibility index (Phi) is 4.92. The van der Waals surface area contributed by atoms with Crippen molar-refractivity contribution in [3.8, 4) is 0 Å². The number of allylic oxidation sites excluding steroid dienone is 1. The summed E-state index contributed by atoms with van der Waals surface area (Å²) in [6.07, 6.45) is 4.00. The number of benzene rings is 2. The summed E-state index contributed by atoms with van der Waals surface area (Å²) >= 11 is 0. The number of nitrogens with one attached hydrogen (secondary N) is 1. The molecule has 0 fully saturated rings. The van der Waals surface area contributed by atoms with Gasteiger partial charge in [-0.2, -0.15) is 5.10 Å². The molecule has 0 unspecified atom stereocenters. The molecule has 4 nitrogen and oxygen atoms in total. The molecule has 0 saturated heterocycles. The number of anilines is 1. The van der Waals surface area contributed by atoms with E-state index in [1.54, 1.807) is 18.3 Å². The Morgan fingerprint density at radius 3 is 2.44 bits per heavy atom. The number of carbonyl (C=O) groups excluding carboxylic acids is 1. The Labute approximate surface area is 161 Å². The van der Waals surface area contributed by atoms with E-state index in [4.69, 9.17) is 0 Å². The van der Waals surface area contributed by atoms with Crippen molar-refractivity contribution in [2.75, 3.05) is 11.9 Å². The molecule has 1 aliphatic rings. The molecule has 4 heteroatoms. The second kappa shape index (κ2) is 7.03. The standard InChI is InChI=1S/C23H27N3O/c1-15-7-9-18(10-8-15)22(27)25-24-14-19-12-20-17(3)13-23(4,5)26(6)21(20)11-16(19)2/h7-14H,1-6H3,(H,25,27)/b24-14+. The lowest BCUT2D eigenvalue weighted by atomic mass is 9.87. The highest BCUT2D eigenvalue weighted by molar-refractivity contribution is 5.95. The molecule has 0 aliphatic carbocycles. The molecule has 0 bridgehead atoms. The first kappa shape index (κ1) is 18.9. The van der Waals surface area contributed by atoms with Gasteiger partial charge in [-0.1, -0.05) is 23.8 Å². The molecule has 1 heterocycles. The second-order valence-electron chi connectivity index (χ2n) is 7.83. The first-order valence-corrected chi connectivity index (χ1v) is 9.17. The van der Waals surface area contributed by atoms with Gasteiger partial charge in [0, 0.05) is 23.9 Å². The van der Waals surface area contributed by atoms with Crippen LogP contribution in [0.25, 0.3) is 5.57 Å². The first-order valence-electron chi connectivity index (χ1n) is 9.17. The zero-order valence-electron chi connectivity index (χ0n) is 16.9. The zero-order chi connectivity index (χ0) is 19.8. The van der Waals surface area contributed by atoms with Crippen LogP contribution in [0.3, 0.4) is 0 Å². The Bertz CT molecular complexity index is 937. The third-order valence-electron chi connectivity index (χ3n) is 5.29. The predicted octanol–water partition coefficient (Wildman–Crippen LogP) is 4.70. The van der Waals surface area contributed by atoms with Crippen LogP contribution >= 0.6 is 0 Å². The van der Waals surface area contributed by atoms with Gasteiger partial charge in [0.05, 0.1) is 11.8 Å². The number of aryl methyl sites for hydroxylation is 2. The number of amides is 1. The van der Waals surface area contributed by atoms with Gasteiger partial charge >= 0.3 is 0 Å². The summed E-state index contributed by atoms with van der Waals surface area (Å²) in [5, 5.41) is 4.17. The van der Waals surface area contributed by atoms with Gasteiger partial charge < -0.3 is 4.90 Å². The molecular weight excluding hydrogens is 334 g/mol. The van der Waals surface area contributed by atoms with Gasteiger partial charge in [-0.3, -0.25) is 4.79 Å². The van der Waals surface area contributed by atoms with Crippen LogP contribution in [-0.4, -0.2) is 24.7 Å². The van der Waals surface area contributed by atoms with E-state index in [9.17, 15) is 4.79 Å². The highest BCUT2D eigenvalue weighted by atomic mass is 16.2. The fourth-order valence-electron chi connectivity index (χ4n) is 3.39. The normalized spacial score (nSPS) is 15.5. The van der Waals surface area contributed by atoms with Crippen molar-refractivity contribution in [1.82, 2.24) is 5.43 Å². The number of hydrogen-bond donors (Lipinski definition) is 1. The fraction of sp³-hybridized carbons (Fsp3) is 0.304. The van der Waals surface area contributed by atoms with Gasteiger partial charge in [0.25, 0.3) is 5.91 Å². The van der Waals surface area contributed by atoms with E-state index in [0.29, 0.717) is 5.56 Å². The van der Waals surface area contributed by atoms with Crippen molar-refractivity contribution in [2.24, 2.45) is 5.10 Å². The highest BCUT2D eigenvalue weighted by Gasteiger charge is 2.28. The van der Waals surface area contributed by atoms with Crippen molar-refractivity contribution in [1.29, 1.82) is 0 Å². The minimum Gasteiger partial charge on any atom is -0.365 e. The van der Waals surface area contributed by atoms with Crippen LogP contribution in [0.2, 0.25) is 0 Å². The van der Waals surface area contributed by atoms with Crippen LogP contribution in [0.15, 0.2) is 47.6 Å². The molecule has 27 heavy (non-hydrogen) atoms. The molecule has 1 aliphatic heterocycles. The summed E-state index contributed by atoms with van der Waals surface area (Å²) in [6.45, 7) is 10.6. The topological polar surface area (TPSA) is 44.7 Å². The third kappa shape index (κ3) is 3.80. The highest BCUT2D eigenvalue weighted by Crippen LogP contribution is 2.38. The maximum Gasteiger partial charge on any atom is 0.271 e. The van der Waals surface area contributed by atoms with Gasteiger partial charge in [0.15, 0.2) is 0 Å². The number of carbonyl (C=O) groups is 1. The zero-order valence-corrected chi connectivity index (χ0v) is 16.9. The van der Waals surface area contributed by atoms with Crippen molar-refractivity contribution in [3.63, 3.8) is 0 Å². The molecule has 3 rings (SSSR count). The fourth-order valence-corrected chi connectivity index (χ4v) is 3.39. The predicted molar refractivity (Wildman–Crippen MR) is 114 cm³/mol. The van der Waals surface area contributed by atoms with Crippen molar-refractivity contribution < 1.29 is 4.79 Å². The Hall–Kier alpha value is -2.88.